The number of carbonyl (C=O) groups excluding carboxylic acids is 3. The molecule has 3 N–H and O–H groups in total. The van der Waals surface area contributed by atoms with Gasteiger partial charge in [-0.3, -0.25) is 9.59 Å². The first-order valence-electron chi connectivity index (χ1n) is 10.7. The summed E-state index contributed by atoms with van der Waals surface area (Å²) >= 11 is 0. The molecule has 0 saturated carbocycles. The average molecular weight is 469 g/mol. The van der Waals surface area contributed by atoms with Gasteiger partial charge in [0.2, 0.25) is 5.91 Å². The van der Waals surface area contributed by atoms with Crippen LogP contribution in [-0.4, -0.2) is 74.0 Å². The van der Waals surface area contributed by atoms with E-state index in [0.717, 1.165) is 22.3 Å². The predicted octanol–water partition coefficient (Wildman–Crippen LogP) is 2.18. The molecule has 0 fully saturated rings. The second-order valence-corrected chi connectivity index (χ2v) is 7.80. The van der Waals surface area contributed by atoms with Crippen molar-refractivity contribution in [3.05, 3.63) is 59.7 Å². The number of nitrogens with one attached hydrogen (secondary N) is 2. The summed E-state index contributed by atoms with van der Waals surface area (Å²) in [6, 6.07) is 14.4. The lowest BCUT2D eigenvalue weighted by molar-refractivity contribution is -0.139. The lowest BCUT2D eigenvalue weighted by Gasteiger charge is -2.20. The van der Waals surface area contributed by atoms with Gasteiger partial charge in [0.1, 0.15) is 12.6 Å². The first-order chi connectivity index (χ1) is 16.3. The fourth-order valence-corrected chi connectivity index (χ4v) is 3.88. The molecule has 3 amide bonds. The Bertz CT molecular complexity index is 1030. The minimum Gasteiger partial charge on any atom is -0.481 e. The fraction of sp³-hybridized carbons (Fsp3) is 0.333. The van der Waals surface area contributed by atoms with Crippen molar-refractivity contribution in [1.29, 1.82) is 0 Å². The molecule has 1 aliphatic rings. The van der Waals surface area contributed by atoms with Crippen LogP contribution < -0.4 is 10.6 Å². The van der Waals surface area contributed by atoms with Gasteiger partial charge in [-0.25, -0.2) is 9.59 Å². The number of amides is 3. The highest BCUT2D eigenvalue weighted by Gasteiger charge is 2.30. The summed E-state index contributed by atoms with van der Waals surface area (Å²) in [7, 11) is 2.72. The number of nitrogens with zero attached hydrogens (tertiary/aromatic N) is 1. The highest BCUT2D eigenvalue weighted by Crippen LogP contribution is 2.44. The molecule has 10 heteroatoms. The molecule has 0 bridgehead atoms. The number of ether oxygens (including phenoxy) is 2. The van der Waals surface area contributed by atoms with E-state index >= 15 is 0 Å². The van der Waals surface area contributed by atoms with Gasteiger partial charge in [0.25, 0.3) is 0 Å². The molecule has 0 spiro atoms. The molecule has 180 valence electrons. The Morgan fingerprint density at radius 3 is 2.18 bits per heavy atom. The van der Waals surface area contributed by atoms with Gasteiger partial charge >= 0.3 is 18.2 Å². The number of alkyl carbamates (subject to hydrolysis) is 1. The van der Waals surface area contributed by atoms with E-state index in [0.29, 0.717) is 0 Å². The number of hydrogen-bond donors (Lipinski definition) is 3. The van der Waals surface area contributed by atoms with Crippen molar-refractivity contribution in [2.24, 2.45) is 0 Å². The Labute approximate surface area is 196 Å². The Morgan fingerprint density at radius 1 is 1.03 bits per heavy atom. The zero-order valence-electron chi connectivity index (χ0n) is 18.9. The van der Waals surface area contributed by atoms with E-state index in [1.807, 2.05) is 48.5 Å². The van der Waals surface area contributed by atoms with Gasteiger partial charge in [-0.15, -0.1) is 0 Å². The van der Waals surface area contributed by atoms with Crippen molar-refractivity contribution < 1.29 is 33.8 Å². The largest absolute Gasteiger partial charge is 0.481 e. The molecule has 0 saturated heterocycles. The molecule has 2 aromatic carbocycles. The quantitative estimate of drug-likeness (QED) is 0.512. The Hall–Kier alpha value is -4.08. The molecule has 0 aliphatic heterocycles. The van der Waals surface area contributed by atoms with E-state index in [-0.39, 0.29) is 25.6 Å². The summed E-state index contributed by atoms with van der Waals surface area (Å²) in [6.07, 6.45) is -2.09. The van der Waals surface area contributed by atoms with Crippen molar-refractivity contribution in [1.82, 2.24) is 15.5 Å². The van der Waals surface area contributed by atoms with E-state index < -0.39 is 36.5 Å². The number of fused-ring (bicyclic) bond motifs is 3. The van der Waals surface area contributed by atoms with Crippen LogP contribution >= 0.6 is 0 Å². The van der Waals surface area contributed by atoms with Crippen LogP contribution in [0.1, 0.15) is 23.5 Å². The fourth-order valence-electron chi connectivity index (χ4n) is 3.88. The summed E-state index contributed by atoms with van der Waals surface area (Å²) in [6.45, 7) is 0.223. The number of carboxylic acid groups (broad SMARTS) is 1. The van der Waals surface area contributed by atoms with Gasteiger partial charge in [-0.05, 0) is 22.3 Å². The summed E-state index contributed by atoms with van der Waals surface area (Å²) < 4.78 is 9.96. The van der Waals surface area contributed by atoms with Crippen LogP contribution in [0.15, 0.2) is 48.5 Å². The monoisotopic (exact) mass is 469 g/mol. The second kappa shape index (κ2) is 11.2. The van der Waals surface area contributed by atoms with Crippen LogP contribution in [0.25, 0.3) is 11.1 Å². The maximum Gasteiger partial charge on any atom is 0.409 e. The zero-order chi connectivity index (χ0) is 24.7. The van der Waals surface area contributed by atoms with Crippen molar-refractivity contribution in [2.75, 3.05) is 33.9 Å². The van der Waals surface area contributed by atoms with E-state index in [4.69, 9.17) is 9.84 Å². The normalized spacial score (nSPS) is 12.6. The molecule has 2 aromatic rings. The minimum absolute atomic E-state index is 0.0329. The predicted molar refractivity (Wildman–Crippen MR) is 122 cm³/mol. The molecule has 1 unspecified atom stereocenters. The summed E-state index contributed by atoms with van der Waals surface area (Å²) in [4.78, 5) is 48.7. The molecule has 0 aromatic heterocycles. The molecule has 3 rings (SSSR count). The van der Waals surface area contributed by atoms with Gasteiger partial charge in [0.05, 0.1) is 13.5 Å². The maximum atomic E-state index is 12.5. The first-order valence-corrected chi connectivity index (χ1v) is 10.7. The van der Waals surface area contributed by atoms with E-state index in [1.54, 1.807) is 0 Å². The van der Waals surface area contributed by atoms with Gasteiger partial charge in [0, 0.05) is 26.1 Å². The molecule has 0 radical (unpaired) electrons. The van der Waals surface area contributed by atoms with Crippen LogP contribution in [0, 0.1) is 0 Å². The molecule has 1 atom stereocenters. The van der Waals surface area contributed by atoms with Gasteiger partial charge in [-0.1, -0.05) is 48.5 Å². The lowest BCUT2D eigenvalue weighted by Crippen LogP contribution is -2.49. The Kier molecular flexibility index (Phi) is 8.07. The van der Waals surface area contributed by atoms with Crippen LogP contribution in [0.3, 0.4) is 0 Å². The average Bonchev–Trinajstić information content (AvgIpc) is 3.15. The number of likely N-dealkylation sites (N-methyl/N-ethyl adjacent to an activating group) is 1. The molecule has 34 heavy (non-hydrogen) atoms. The number of hydrogen-bond acceptors (Lipinski definition) is 6. The van der Waals surface area contributed by atoms with Crippen molar-refractivity contribution >= 4 is 24.1 Å². The third-order valence-electron chi connectivity index (χ3n) is 5.56. The van der Waals surface area contributed by atoms with E-state index in [2.05, 4.69) is 15.4 Å². The summed E-state index contributed by atoms with van der Waals surface area (Å²) in [5, 5.41) is 14.0. The number of benzene rings is 2. The number of rotatable bonds is 9. The summed E-state index contributed by atoms with van der Waals surface area (Å²) in [5.74, 6) is -2.13. The van der Waals surface area contributed by atoms with Crippen LogP contribution in [0.5, 0.6) is 0 Å². The standard InChI is InChI=1S/C24H27N3O7/c1-27(24(32)33-2)12-11-25-22(30)20(13-21(28)29)26-23(31)34-14-19-17-9-5-3-7-15(17)16-8-4-6-10-18(16)19/h3-10,19-20H,11-14H2,1-2H3,(H,25,30)(H,26,31)(H,28,29). The number of methoxy groups -OCH3 is 1. The van der Waals surface area contributed by atoms with E-state index in [9.17, 15) is 19.2 Å². The van der Waals surface area contributed by atoms with Crippen LogP contribution in [-0.2, 0) is 19.1 Å². The Morgan fingerprint density at radius 2 is 1.62 bits per heavy atom. The number of aliphatic carboxylic acids is 1. The molecular weight excluding hydrogens is 442 g/mol. The molecular formula is C24H27N3O7. The second-order valence-electron chi connectivity index (χ2n) is 7.80. The highest BCUT2D eigenvalue weighted by atomic mass is 16.5. The zero-order valence-corrected chi connectivity index (χ0v) is 18.9. The molecule has 1 aliphatic carbocycles. The number of carboxylic acids is 1. The first kappa shape index (κ1) is 24.6. The van der Waals surface area contributed by atoms with Gasteiger partial charge < -0.3 is 30.1 Å². The van der Waals surface area contributed by atoms with Crippen molar-refractivity contribution in [3.63, 3.8) is 0 Å². The third kappa shape index (κ3) is 5.83. The van der Waals surface area contributed by atoms with Crippen LogP contribution in [0.4, 0.5) is 9.59 Å². The number of carbonyl (C=O) groups is 4. The van der Waals surface area contributed by atoms with Gasteiger partial charge in [0.15, 0.2) is 0 Å². The molecule has 0 heterocycles. The topological polar surface area (TPSA) is 134 Å². The lowest BCUT2D eigenvalue weighted by atomic mass is 9.98. The van der Waals surface area contributed by atoms with Gasteiger partial charge in [-0.2, -0.15) is 0 Å². The summed E-state index contributed by atoms with van der Waals surface area (Å²) in [5.41, 5.74) is 4.22. The van der Waals surface area contributed by atoms with E-state index in [1.165, 1.54) is 19.1 Å². The maximum absolute atomic E-state index is 12.5. The smallest absolute Gasteiger partial charge is 0.409 e. The van der Waals surface area contributed by atoms with Crippen LogP contribution in [0.2, 0.25) is 0 Å². The Balaban J connectivity index is 1.58. The molecule has 10 nitrogen and oxygen atoms in total. The third-order valence-corrected chi connectivity index (χ3v) is 5.56. The SMILES string of the molecule is COC(=O)N(C)CCNC(=O)C(CC(=O)O)NC(=O)OCC1c2ccccc2-c2ccccc21. The highest BCUT2D eigenvalue weighted by molar-refractivity contribution is 5.89. The van der Waals surface area contributed by atoms with Crippen molar-refractivity contribution in [3.8, 4) is 11.1 Å². The minimum atomic E-state index is -1.34. The van der Waals surface area contributed by atoms with Crippen molar-refractivity contribution in [2.45, 2.75) is 18.4 Å².